The molecule has 1 unspecified atom stereocenters. The summed E-state index contributed by atoms with van der Waals surface area (Å²) in [5.74, 6) is -1.44. The van der Waals surface area contributed by atoms with Crippen molar-refractivity contribution < 1.29 is 19.0 Å². The lowest BCUT2D eigenvalue weighted by atomic mass is 9.96. The van der Waals surface area contributed by atoms with E-state index in [-0.39, 0.29) is 12.4 Å². The highest BCUT2D eigenvalue weighted by molar-refractivity contribution is 6.30. The Labute approximate surface area is 126 Å². The minimum atomic E-state index is -0.957. The number of ether oxygens (including phenoxy) is 1. The van der Waals surface area contributed by atoms with Gasteiger partial charge < -0.3 is 9.84 Å². The number of rotatable bonds is 6. The topological polar surface area (TPSA) is 46.5 Å². The van der Waals surface area contributed by atoms with E-state index in [1.165, 1.54) is 24.3 Å². The normalized spacial score (nSPS) is 11.9. The van der Waals surface area contributed by atoms with Gasteiger partial charge in [0, 0.05) is 5.02 Å². The maximum absolute atomic E-state index is 12.9. The van der Waals surface area contributed by atoms with Gasteiger partial charge in [-0.3, -0.25) is 4.79 Å². The molecule has 0 radical (unpaired) electrons. The Morgan fingerprint density at radius 1 is 1.14 bits per heavy atom. The van der Waals surface area contributed by atoms with Crippen molar-refractivity contribution in [1.29, 1.82) is 0 Å². The largest absolute Gasteiger partial charge is 0.494 e. The number of carbonyl (C=O) groups is 1. The molecule has 5 heteroatoms. The highest BCUT2D eigenvalue weighted by Gasteiger charge is 2.19. The van der Waals surface area contributed by atoms with Crippen LogP contribution in [0.3, 0.4) is 0 Å². The Balaban J connectivity index is 1.96. The van der Waals surface area contributed by atoms with Crippen molar-refractivity contribution in [2.75, 3.05) is 6.61 Å². The van der Waals surface area contributed by atoms with Crippen molar-refractivity contribution in [2.45, 2.75) is 12.3 Å². The van der Waals surface area contributed by atoms with Crippen LogP contribution in [0, 0.1) is 5.82 Å². The standard InChI is InChI=1S/C16H14ClFO3/c17-12-3-7-14(8-4-12)21-10-9-15(16(19)20)11-1-5-13(18)6-2-11/h1-8,15H,9-10H2,(H,19,20). The third kappa shape index (κ3) is 4.46. The summed E-state index contributed by atoms with van der Waals surface area (Å²) in [6, 6.07) is 12.3. The quantitative estimate of drug-likeness (QED) is 0.873. The Morgan fingerprint density at radius 2 is 1.76 bits per heavy atom. The minimum Gasteiger partial charge on any atom is -0.494 e. The molecule has 0 fully saturated rings. The number of hydrogen-bond donors (Lipinski definition) is 1. The van der Waals surface area contributed by atoms with Crippen molar-refractivity contribution in [3.05, 3.63) is 64.9 Å². The number of carboxylic acids is 1. The molecule has 2 aromatic rings. The maximum atomic E-state index is 12.9. The molecule has 0 aliphatic rings. The summed E-state index contributed by atoms with van der Waals surface area (Å²) in [6.07, 6.45) is 0.295. The predicted molar refractivity (Wildman–Crippen MR) is 78.3 cm³/mol. The second-order valence-electron chi connectivity index (χ2n) is 4.53. The summed E-state index contributed by atoms with van der Waals surface area (Å²) in [5.41, 5.74) is 0.559. The van der Waals surface area contributed by atoms with E-state index in [4.69, 9.17) is 16.3 Å². The average molecular weight is 309 g/mol. The summed E-state index contributed by atoms with van der Waals surface area (Å²) in [5, 5.41) is 9.87. The fourth-order valence-electron chi connectivity index (χ4n) is 1.95. The van der Waals surface area contributed by atoms with Crippen LogP contribution in [0.15, 0.2) is 48.5 Å². The molecule has 0 saturated carbocycles. The highest BCUT2D eigenvalue weighted by atomic mass is 35.5. The smallest absolute Gasteiger partial charge is 0.311 e. The van der Waals surface area contributed by atoms with Gasteiger partial charge in [0.15, 0.2) is 0 Å². The van der Waals surface area contributed by atoms with Gasteiger partial charge in [-0.25, -0.2) is 4.39 Å². The van der Waals surface area contributed by atoms with E-state index in [9.17, 15) is 14.3 Å². The first kappa shape index (κ1) is 15.3. The van der Waals surface area contributed by atoms with Crippen LogP contribution >= 0.6 is 11.6 Å². The lowest BCUT2D eigenvalue weighted by Crippen LogP contribution is -2.15. The molecule has 2 rings (SSSR count). The first-order valence-electron chi connectivity index (χ1n) is 6.43. The lowest BCUT2D eigenvalue weighted by molar-refractivity contribution is -0.139. The molecule has 1 atom stereocenters. The zero-order chi connectivity index (χ0) is 15.2. The van der Waals surface area contributed by atoms with Crippen LogP contribution in [-0.4, -0.2) is 17.7 Å². The summed E-state index contributed by atoms with van der Waals surface area (Å²) in [7, 11) is 0. The van der Waals surface area contributed by atoms with Crippen LogP contribution in [0.4, 0.5) is 4.39 Å². The Kier molecular flexibility index (Phi) is 5.17. The summed E-state index contributed by atoms with van der Waals surface area (Å²) in [6.45, 7) is 0.246. The number of aliphatic carboxylic acids is 1. The number of benzene rings is 2. The Bertz CT molecular complexity index is 596. The first-order chi connectivity index (χ1) is 10.1. The van der Waals surface area contributed by atoms with Crippen molar-refractivity contribution >= 4 is 17.6 Å². The van der Waals surface area contributed by atoms with Crippen LogP contribution in [0.1, 0.15) is 17.9 Å². The average Bonchev–Trinajstić information content (AvgIpc) is 2.46. The van der Waals surface area contributed by atoms with Gasteiger partial charge in [0.25, 0.3) is 0 Å². The van der Waals surface area contributed by atoms with E-state index < -0.39 is 11.9 Å². The van der Waals surface area contributed by atoms with Crippen LogP contribution in [-0.2, 0) is 4.79 Å². The monoisotopic (exact) mass is 308 g/mol. The fourth-order valence-corrected chi connectivity index (χ4v) is 2.08. The van der Waals surface area contributed by atoms with Crippen LogP contribution < -0.4 is 4.74 Å². The van der Waals surface area contributed by atoms with Crippen molar-refractivity contribution in [3.8, 4) is 5.75 Å². The third-order valence-electron chi connectivity index (χ3n) is 3.06. The maximum Gasteiger partial charge on any atom is 0.311 e. The van der Waals surface area contributed by atoms with Gasteiger partial charge in [0.2, 0.25) is 0 Å². The van der Waals surface area contributed by atoms with Crippen molar-refractivity contribution in [3.63, 3.8) is 0 Å². The molecule has 0 aliphatic carbocycles. The fraction of sp³-hybridized carbons (Fsp3) is 0.188. The van der Waals surface area contributed by atoms with Gasteiger partial charge in [-0.05, 0) is 48.4 Å². The molecule has 0 saturated heterocycles. The van der Waals surface area contributed by atoms with Crippen molar-refractivity contribution in [1.82, 2.24) is 0 Å². The molecule has 0 bridgehead atoms. The van der Waals surface area contributed by atoms with E-state index in [2.05, 4.69) is 0 Å². The minimum absolute atomic E-state index is 0.246. The molecular weight excluding hydrogens is 295 g/mol. The van der Waals surface area contributed by atoms with E-state index >= 15 is 0 Å². The molecule has 0 spiro atoms. The van der Waals surface area contributed by atoms with Gasteiger partial charge >= 0.3 is 5.97 Å². The molecule has 1 N–H and O–H groups in total. The van der Waals surface area contributed by atoms with E-state index in [0.717, 1.165) is 0 Å². The van der Waals surface area contributed by atoms with Gasteiger partial charge in [-0.2, -0.15) is 0 Å². The van der Waals surface area contributed by atoms with Crippen LogP contribution in [0.25, 0.3) is 0 Å². The van der Waals surface area contributed by atoms with Crippen LogP contribution in [0.2, 0.25) is 5.02 Å². The van der Waals surface area contributed by atoms with E-state index in [1.54, 1.807) is 24.3 Å². The number of halogens is 2. The molecule has 0 aromatic heterocycles. The number of carboxylic acid groups (broad SMARTS) is 1. The Hall–Kier alpha value is -2.07. The first-order valence-corrected chi connectivity index (χ1v) is 6.80. The molecule has 110 valence electrons. The number of hydrogen-bond acceptors (Lipinski definition) is 2. The summed E-state index contributed by atoms with van der Waals surface area (Å²) >= 11 is 5.77. The molecule has 0 amide bonds. The van der Waals surface area contributed by atoms with Crippen molar-refractivity contribution in [2.24, 2.45) is 0 Å². The second-order valence-corrected chi connectivity index (χ2v) is 4.97. The zero-order valence-electron chi connectivity index (χ0n) is 11.1. The molecule has 0 aliphatic heterocycles. The molecule has 3 nitrogen and oxygen atoms in total. The van der Waals surface area contributed by atoms with Gasteiger partial charge in [-0.1, -0.05) is 23.7 Å². The van der Waals surface area contributed by atoms with E-state index in [1.807, 2.05) is 0 Å². The molecule has 2 aromatic carbocycles. The second kappa shape index (κ2) is 7.09. The van der Waals surface area contributed by atoms with E-state index in [0.29, 0.717) is 22.8 Å². The Morgan fingerprint density at radius 3 is 2.33 bits per heavy atom. The molecular formula is C16H14ClFO3. The summed E-state index contributed by atoms with van der Waals surface area (Å²) in [4.78, 5) is 11.3. The zero-order valence-corrected chi connectivity index (χ0v) is 11.9. The van der Waals surface area contributed by atoms with Gasteiger partial charge in [0.05, 0.1) is 12.5 Å². The van der Waals surface area contributed by atoms with Gasteiger partial charge in [-0.15, -0.1) is 0 Å². The third-order valence-corrected chi connectivity index (χ3v) is 3.31. The molecule has 0 heterocycles. The van der Waals surface area contributed by atoms with Crippen LogP contribution in [0.5, 0.6) is 5.75 Å². The SMILES string of the molecule is O=C(O)C(CCOc1ccc(Cl)cc1)c1ccc(F)cc1. The highest BCUT2D eigenvalue weighted by Crippen LogP contribution is 2.22. The van der Waals surface area contributed by atoms with Gasteiger partial charge in [0.1, 0.15) is 11.6 Å². The lowest BCUT2D eigenvalue weighted by Gasteiger charge is -2.13. The summed E-state index contributed by atoms with van der Waals surface area (Å²) < 4.78 is 18.4. The molecule has 21 heavy (non-hydrogen) atoms. The predicted octanol–water partition coefficient (Wildman–Crippen LogP) is 4.12.